The van der Waals surface area contributed by atoms with E-state index in [0.717, 1.165) is 43.8 Å². The van der Waals surface area contributed by atoms with E-state index < -0.39 is 0 Å². The average Bonchev–Trinajstić information content (AvgIpc) is 3.07. The van der Waals surface area contributed by atoms with Crippen LogP contribution in [0.5, 0.6) is 0 Å². The first-order chi connectivity index (χ1) is 20.8. The van der Waals surface area contributed by atoms with E-state index in [1.807, 2.05) is 30.3 Å². The van der Waals surface area contributed by atoms with Gasteiger partial charge in [0.05, 0.1) is 0 Å². The lowest BCUT2D eigenvalue weighted by atomic mass is 9.96. The molecule has 0 saturated heterocycles. The largest absolute Gasteiger partial charge is 0.208 e. The molecule has 0 spiro atoms. The second kappa shape index (κ2) is 10.1. The van der Waals surface area contributed by atoms with Crippen LogP contribution in [0.3, 0.4) is 0 Å². The Bertz CT molecular complexity index is 2250. The summed E-state index contributed by atoms with van der Waals surface area (Å²) in [5.74, 6) is 1.98. The molecule has 0 atom stereocenters. The van der Waals surface area contributed by atoms with Gasteiger partial charge in [0.2, 0.25) is 0 Å². The van der Waals surface area contributed by atoms with Crippen molar-refractivity contribution >= 4 is 32.3 Å². The Morgan fingerprint density at radius 2 is 0.810 bits per heavy atom. The van der Waals surface area contributed by atoms with E-state index in [-0.39, 0.29) is 0 Å². The van der Waals surface area contributed by atoms with Crippen LogP contribution >= 0.6 is 0 Å². The zero-order valence-corrected chi connectivity index (χ0v) is 22.8. The van der Waals surface area contributed by atoms with Gasteiger partial charge in [-0.1, -0.05) is 140 Å². The molecule has 0 bridgehead atoms. The maximum atomic E-state index is 5.12. The number of nitrogens with zero attached hydrogens (tertiary/aromatic N) is 3. The molecule has 8 aromatic rings. The maximum absolute atomic E-state index is 5.12. The normalized spacial score (nSPS) is 11.3. The molecule has 0 aliphatic carbocycles. The van der Waals surface area contributed by atoms with Crippen molar-refractivity contribution in [2.75, 3.05) is 0 Å². The highest BCUT2D eigenvalue weighted by Crippen LogP contribution is 2.34. The van der Waals surface area contributed by atoms with Crippen molar-refractivity contribution in [1.82, 2.24) is 15.0 Å². The lowest BCUT2D eigenvalue weighted by Gasteiger charge is -2.12. The number of benzene rings is 7. The minimum Gasteiger partial charge on any atom is -0.208 e. The number of aromatic nitrogens is 3. The van der Waals surface area contributed by atoms with Crippen LogP contribution in [0.2, 0.25) is 0 Å². The van der Waals surface area contributed by atoms with Crippen LogP contribution in [-0.4, -0.2) is 15.0 Å². The van der Waals surface area contributed by atoms with Crippen LogP contribution in [0.1, 0.15) is 0 Å². The molecule has 0 unspecified atom stereocenters. The Kier molecular flexibility index (Phi) is 5.79. The van der Waals surface area contributed by atoms with Crippen LogP contribution in [0.15, 0.2) is 152 Å². The molecule has 42 heavy (non-hydrogen) atoms. The molecule has 0 N–H and O–H groups in total. The first kappa shape index (κ1) is 24.2. The Hall–Kier alpha value is -5.67. The predicted octanol–water partition coefficient (Wildman–Crippen LogP) is 10.00. The van der Waals surface area contributed by atoms with Crippen molar-refractivity contribution < 1.29 is 0 Å². The fraction of sp³-hybridized carbons (Fsp3) is 0. The van der Waals surface area contributed by atoms with Crippen LogP contribution in [0, 0.1) is 0 Å². The molecule has 3 heteroatoms. The standard InChI is InChI=1S/C39H25N3/c1-2-12-29(13-3-1)37-40-38(34-18-8-15-27-11-6-7-17-33(27)34)42-39(41-37)35-19-9-16-28-21-23-32(25-36(28)35)31-22-20-26-10-4-5-14-30(26)24-31/h1-25H. The molecule has 0 saturated carbocycles. The van der Waals surface area contributed by atoms with Gasteiger partial charge in [-0.3, -0.25) is 0 Å². The average molecular weight is 536 g/mol. The van der Waals surface area contributed by atoms with E-state index >= 15 is 0 Å². The van der Waals surface area contributed by atoms with Gasteiger partial charge in [-0.2, -0.15) is 0 Å². The fourth-order valence-electron chi connectivity index (χ4n) is 5.77. The van der Waals surface area contributed by atoms with Gasteiger partial charge in [0.1, 0.15) is 0 Å². The minimum absolute atomic E-state index is 0.659. The predicted molar refractivity (Wildman–Crippen MR) is 174 cm³/mol. The van der Waals surface area contributed by atoms with Crippen LogP contribution in [-0.2, 0) is 0 Å². The smallest absolute Gasteiger partial charge is 0.164 e. The highest BCUT2D eigenvalue weighted by atomic mass is 15.0. The third-order valence-corrected chi connectivity index (χ3v) is 7.90. The Labute approximate surface area is 243 Å². The first-order valence-corrected chi connectivity index (χ1v) is 14.1. The topological polar surface area (TPSA) is 38.7 Å². The van der Waals surface area contributed by atoms with Gasteiger partial charge >= 0.3 is 0 Å². The van der Waals surface area contributed by atoms with Crippen molar-refractivity contribution in [2.24, 2.45) is 0 Å². The van der Waals surface area contributed by atoms with Crippen molar-refractivity contribution in [3.8, 4) is 45.3 Å². The summed E-state index contributed by atoms with van der Waals surface area (Å²) in [6.07, 6.45) is 0. The van der Waals surface area contributed by atoms with E-state index in [1.165, 1.54) is 16.3 Å². The summed E-state index contributed by atoms with van der Waals surface area (Å²) in [6.45, 7) is 0. The van der Waals surface area contributed by atoms with Gasteiger partial charge < -0.3 is 0 Å². The van der Waals surface area contributed by atoms with Crippen molar-refractivity contribution in [3.05, 3.63) is 152 Å². The summed E-state index contributed by atoms with van der Waals surface area (Å²) in [5, 5.41) is 6.99. The molecule has 0 radical (unpaired) electrons. The molecule has 196 valence electrons. The van der Waals surface area contributed by atoms with E-state index in [9.17, 15) is 0 Å². The van der Waals surface area contributed by atoms with Gasteiger partial charge in [0, 0.05) is 16.7 Å². The molecule has 1 heterocycles. The third-order valence-electron chi connectivity index (χ3n) is 7.90. The molecule has 3 nitrogen and oxygen atoms in total. The first-order valence-electron chi connectivity index (χ1n) is 14.1. The van der Waals surface area contributed by atoms with Crippen molar-refractivity contribution in [1.29, 1.82) is 0 Å². The molecule has 1 aromatic heterocycles. The van der Waals surface area contributed by atoms with Crippen LogP contribution in [0.4, 0.5) is 0 Å². The summed E-state index contributed by atoms with van der Waals surface area (Å²) in [7, 11) is 0. The minimum atomic E-state index is 0.659. The van der Waals surface area contributed by atoms with Gasteiger partial charge in [-0.05, 0) is 55.6 Å². The molecular formula is C39H25N3. The molecular weight excluding hydrogens is 510 g/mol. The van der Waals surface area contributed by atoms with Gasteiger partial charge in [0.25, 0.3) is 0 Å². The summed E-state index contributed by atoms with van der Waals surface area (Å²) >= 11 is 0. The highest BCUT2D eigenvalue weighted by molar-refractivity contribution is 5.99. The van der Waals surface area contributed by atoms with E-state index in [1.54, 1.807) is 0 Å². The lowest BCUT2D eigenvalue weighted by Crippen LogP contribution is -2.01. The number of rotatable bonds is 4. The van der Waals surface area contributed by atoms with Crippen LogP contribution in [0.25, 0.3) is 77.6 Å². The molecule has 8 rings (SSSR count). The molecule has 7 aromatic carbocycles. The Balaban J connectivity index is 1.35. The maximum Gasteiger partial charge on any atom is 0.164 e. The van der Waals surface area contributed by atoms with Crippen molar-refractivity contribution in [3.63, 3.8) is 0 Å². The summed E-state index contributed by atoms with van der Waals surface area (Å²) in [5.41, 5.74) is 5.27. The van der Waals surface area contributed by atoms with Gasteiger partial charge in [-0.15, -0.1) is 0 Å². The summed E-state index contributed by atoms with van der Waals surface area (Å²) in [6, 6.07) is 52.9. The van der Waals surface area contributed by atoms with Crippen LogP contribution < -0.4 is 0 Å². The van der Waals surface area contributed by atoms with Gasteiger partial charge in [-0.25, -0.2) is 15.0 Å². The monoisotopic (exact) mass is 535 g/mol. The van der Waals surface area contributed by atoms with E-state index in [0.29, 0.717) is 17.5 Å². The number of hydrogen-bond acceptors (Lipinski definition) is 3. The van der Waals surface area contributed by atoms with Gasteiger partial charge in [0.15, 0.2) is 17.5 Å². The fourth-order valence-corrected chi connectivity index (χ4v) is 5.77. The quantitative estimate of drug-likeness (QED) is 0.225. The van der Waals surface area contributed by atoms with E-state index in [2.05, 4.69) is 121 Å². The Morgan fingerprint density at radius 3 is 1.57 bits per heavy atom. The second-order valence-electron chi connectivity index (χ2n) is 10.5. The third kappa shape index (κ3) is 4.29. The summed E-state index contributed by atoms with van der Waals surface area (Å²) < 4.78 is 0. The Morgan fingerprint density at radius 1 is 0.286 bits per heavy atom. The summed E-state index contributed by atoms with van der Waals surface area (Å²) in [4.78, 5) is 15.2. The zero-order chi connectivity index (χ0) is 27.9. The molecule has 0 amide bonds. The number of fused-ring (bicyclic) bond motifs is 3. The van der Waals surface area contributed by atoms with Crippen molar-refractivity contribution in [2.45, 2.75) is 0 Å². The zero-order valence-electron chi connectivity index (χ0n) is 22.8. The second-order valence-corrected chi connectivity index (χ2v) is 10.5. The lowest BCUT2D eigenvalue weighted by molar-refractivity contribution is 1.08. The molecule has 0 fully saturated rings. The molecule has 0 aliphatic heterocycles. The number of hydrogen-bond donors (Lipinski definition) is 0. The SMILES string of the molecule is c1ccc(-c2nc(-c3cccc4ccccc34)nc(-c3cccc4ccc(-c5ccc6ccccc6c5)cc34)n2)cc1. The highest BCUT2D eigenvalue weighted by Gasteiger charge is 2.16. The molecule has 0 aliphatic rings. The van der Waals surface area contributed by atoms with E-state index in [4.69, 9.17) is 15.0 Å².